The Hall–Kier alpha value is -1.48. The molecule has 0 aliphatic carbocycles. The van der Waals surface area contributed by atoms with Gasteiger partial charge in [0, 0.05) is 0 Å². The highest BCUT2D eigenvalue weighted by Gasteiger charge is 2.28. The van der Waals surface area contributed by atoms with E-state index in [1.165, 1.54) is 6.92 Å². The summed E-state index contributed by atoms with van der Waals surface area (Å²) in [5.74, 6) is -2.52. The second kappa shape index (κ2) is 8.84. The summed E-state index contributed by atoms with van der Waals surface area (Å²) in [7, 11) is -5.02. The summed E-state index contributed by atoms with van der Waals surface area (Å²) in [4.78, 5) is 50.5. The van der Waals surface area contributed by atoms with Crippen LogP contribution in [0.5, 0.6) is 0 Å². The molecular formula is C11H20NO9P. The molecule has 128 valence electrons. The Morgan fingerprint density at radius 2 is 1.59 bits per heavy atom. The molecular weight excluding hydrogens is 321 g/mol. The van der Waals surface area contributed by atoms with Crippen molar-refractivity contribution in [2.45, 2.75) is 26.8 Å². The molecule has 0 heterocycles. The fourth-order valence-electron chi connectivity index (χ4n) is 1.01. The third-order valence-electron chi connectivity index (χ3n) is 2.49. The van der Waals surface area contributed by atoms with Crippen LogP contribution in [0.1, 0.15) is 20.8 Å². The van der Waals surface area contributed by atoms with Crippen LogP contribution in [0.3, 0.4) is 0 Å². The molecule has 4 N–H and O–H groups in total. The van der Waals surface area contributed by atoms with E-state index in [0.29, 0.717) is 0 Å². The molecule has 10 nitrogen and oxygen atoms in total. The zero-order valence-electron chi connectivity index (χ0n) is 12.4. The van der Waals surface area contributed by atoms with E-state index >= 15 is 0 Å². The van der Waals surface area contributed by atoms with Gasteiger partial charge in [-0.2, -0.15) is 0 Å². The summed E-state index contributed by atoms with van der Waals surface area (Å²) >= 11 is 0. The van der Waals surface area contributed by atoms with Crippen LogP contribution in [0, 0.1) is 11.8 Å². The van der Waals surface area contributed by atoms with Gasteiger partial charge in [-0.3, -0.25) is 9.59 Å². The van der Waals surface area contributed by atoms with Crippen LogP contribution >= 0.6 is 7.60 Å². The molecule has 22 heavy (non-hydrogen) atoms. The highest BCUT2D eigenvalue weighted by molar-refractivity contribution is 7.69. The molecule has 1 unspecified atom stereocenters. The van der Waals surface area contributed by atoms with Crippen molar-refractivity contribution >= 4 is 25.2 Å². The minimum absolute atomic E-state index is 0.123. The van der Waals surface area contributed by atoms with Crippen molar-refractivity contribution in [3.05, 3.63) is 0 Å². The van der Waals surface area contributed by atoms with E-state index in [4.69, 9.17) is 20.3 Å². The van der Waals surface area contributed by atoms with Crippen LogP contribution in [0.4, 0.5) is 4.79 Å². The Balaban J connectivity index is 4.11. The average Bonchev–Trinajstić information content (AvgIpc) is 2.41. The maximum Gasteiger partial charge on any atom is 0.433 e. The minimum atomic E-state index is -5.02. The van der Waals surface area contributed by atoms with Crippen molar-refractivity contribution in [3.8, 4) is 0 Å². The largest absolute Gasteiger partial charge is 0.464 e. The van der Waals surface area contributed by atoms with Crippen LogP contribution in [0.2, 0.25) is 0 Å². The smallest absolute Gasteiger partial charge is 0.433 e. The third kappa shape index (κ3) is 7.51. The lowest BCUT2D eigenvalue weighted by Gasteiger charge is -2.16. The van der Waals surface area contributed by atoms with Crippen molar-refractivity contribution in [2.24, 2.45) is 17.6 Å². The lowest BCUT2D eigenvalue weighted by Crippen LogP contribution is -2.38. The van der Waals surface area contributed by atoms with E-state index in [2.05, 4.69) is 9.47 Å². The Labute approximate surface area is 127 Å². The topological polar surface area (TPSA) is 162 Å². The van der Waals surface area contributed by atoms with Crippen LogP contribution in [-0.2, 0) is 28.4 Å². The number of ether oxygens (including phenoxy) is 3. The summed E-state index contributed by atoms with van der Waals surface area (Å²) < 4.78 is 23.8. The molecule has 0 aliphatic heterocycles. The number of carbonyl (C=O) groups excluding carboxylic acids is 3. The van der Waals surface area contributed by atoms with Crippen LogP contribution < -0.4 is 5.73 Å². The predicted molar refractivity (Wildman–Crippen MR) is 72.4 cm³/mol. The summed E-state index contributed by atoms with van der Waals surface area (Å²) in [6.07, 6.45) is 0. The minimum Gasteiger partial charge on any atom is -0.464 e. The normalized spacial score (nSPS) is 14.1. The first-order chi connectivity index (χ1) is 9.96. The highest BCUT2D eigenvalue weighted by Crippen LogP contribution is 2.36. The summed E-state index contributed by atoms with van der Waals surface area (Å²) in [5.41, 5.74) is 3.75. The number of carbonyl (C=O) groups is 3. The average molecular weight is 341 g/mol. The van der Waals surface area contributed by atoms with Crippen LogP contribution in [0.15, 0.2) is 0 Å². The van der Waals surface area contributed by atoms with Gasteiger partial charge in [0.15, 0.2) is 0 Å². The van der Waals surface area contributed by atoms with Gasteiger partial charge in [-0.1, -0.05) is 13.8 Å². The van der Waals surface area contributed by atoms with Crippen LogP contribution in [0.25, 0.3) is 0 Å². The monoisotopic (exact) mass is 341 g/mol. The second-order valence-electron chi connectivity index (χ2n) is 4.84. The molecule has 0 bridgehead atoms. The first-order valence-corrected chi connectivity index (χ1v) is 7.89. The van der Waals surface area contributed by atoms with Crippen LogP contribution in [-0.4, -0.2) is 46.9 Å². The zero-order chi connectivity index (χ0) is 17.5. The van der Waals surface area contributed by atoms with Gasteiger partial charge in [-0.05, 0) is 12.8 Å². The molecule has 0 rings (SSSR count). The molecule has 2 atom stereocenters. The van der Waals surface area contributed by atoms with Gasteiger partial charge in [0.1, 0.15) is 12.6 Å². The fourth-order valence-corrected chi connectivity index (χ4v) is 1.23. The van der Waals surface area contributed by atoms with E-state index in [1.807, 2.05) is 0 Å². The van der Waals surface area contributed by atoms with E-state index in [1.54, 1.807) is 13.8 Å². The van der Waals surface area contributed by atoms with Crippen molar-refractivity contribution in [1.29, 1.82) is 0 Å². The lowest BCUT2D eigenvalue weighted by molar-refractivity contribution is -0.160. The molecule has 0 aromatic heterocycles. The summed E-state index contributed by atoms with van der Waals surface area (Å²) in [6, 6.07) is -0.813. The number of nitrogens with two attached hydrogens (primary N) is 1. The van der Waals surface area contributed by atoms with E-state index in [-0.39, 0.29) is 12.5 Å². The maximum absolute atomic E-state index is 11.5. The Morgan fingerprint density at radius 3 is 2.05 bits per heavy atom. The Kier molecular flexibility index (Phi) is 8.25. The van der Waals surface area contributed by atoms with E-state index in [9.17, 15) is 18.9 Å². The molecule has 0 saturated carbocycles. The summed E-state index contributed by atoms with van der Waals surface area (Å²) in [5, 5.41) is 0. The van der Waals surface area contributed by atoms with Crippen molar-refractivity contribution in [2.75, 3.05) is 13.4 Å². The number of hydrogen-bond acceptors (Lipinski definition) is 8. The molecule has 0 amide bonds. The van der Waals surface area contributed by atoms with Gasteiger partial charge < -0.3 is 29.7 Å². The quantitative estimate of drug-likeness (QED) is 0.310. The van der Waals surface area contributed by atoms with Gasteiger partial charge in [0.2, 0.25) is 6.79 Å². The molecule has 11 heteroatoms. The fraction of sp³-hybridized carbons (Fsp3) is 0.727. The molecule has 0 aromatic rings. The molecule has 0 aromatic carbocycles. The SMILES string of the molecule is CC(COC(=O)[C@@H](N)C(C)C)C(=O)OCOC(=O)P(=O)(O)O. The van der Waals surface area contributed by atoms with Crippen molar-refractivity contribution in [3.63, 3.8) is 0 Å². The van der Waals surface area contributed by atoms with Gasteiger partial charge in [0.25, 0.3) is 0 Å². The molecule has 0 fully saturated rings. The van der Waals surface area contributed by atoms with Gasteiger partial charge in [-0.15, -0.1) is 0 Å². The van der Waals surface area contributed by atoms with Gasteiger partial charge in [0.05, 0.1) is 5.92 Å². The number of esters is 2. The van der Waals surface area contributed by atoms with E-state index < -0.39 is 44.0 Å². The molecule has 0 spiro atoms. The second-order valence-corrected chi connectivity index (χ2v) is 6.29. The first-order valence-electron chi connectivity index (χ1n) is 6.28. The summed E-state index contributed by atoms with van der Waals surface area (Å²) in [6.45, 7) is 3.62. The van der Waals surface area contributed by atoms with Gasteiger partial charge in [-0.25, -0.2) is 9.36 Å². The Morgan fingerprint density at radius 1 is 1.05 bits per heavy atom. The first kappa shape index (κ1) is 20.5. The highest BCUT2D eigenvalue weighted by atomic mass is 31.2. The number of rotatable bonds is 8. The Bertz CT molecular complexity index is 458. The lowest BCUT2D eigenvalue weighted by atomic mass is 10.1. The van der Waals surface area contributed by atoms with Crippen molar-refractivity contribution in [1.82, 2.24) is 0 Å². The zero-order valence-corrected chi connectivity index (χ0v) is 13.3. The number of hydrogen-bond donors (Lipinski definition) is 3. The van der Waals surface area contributed by atoms with Gasteiger partial charge >= 0.3 is 25.2 Å². The molecule has 0 aliphatic rings. The maximum atomic E-state index is 11.5. The molecule has 0 saturated heterocycles. The van der Waals surface area contributed by atoms with Crippen molar-refractivity contribution < 1.29 is 42.9 Å². The standard InChI is InChI=1S/C11H20NO9P/c1-6(2)8(12)10(14)19-4-7(3)9(13)20-5-21-11(15)22(16,17)18/h6-8H,4-5,12H2,1-3H3,(H2,16,17,18)/t7?,8-/m0/s1. The predicted octanol–water partition coefficient (Wildman–Crippen LogP) is -0.0360. The van der Waals surface area contributed by atoms with E-state index in [0.717, 1.165) is 0 Å². The molecule has 0 radical (unpaired) electrons. The third-order valence-corrected chi connectivity index (χ3v) is 3.09.